The van der Waals surface area contributed by atoms with Gasteiger partial charge in [0.1, 0.15) is 11.2 Å². The number of carbonyl (C=O) groups is 1. The van der Waals surface area contributed by atoms with Crippen molar-refractivity contribution >= 4 is 34.4 Å². The molecule has 1 amide bonds. The molecular formula is C19H16ClN7O2. The van der Waals surface area contributed by atoms with Crippen LogP contribution in [-0.2, 0) is 4.79 Å². The first-order chi connectivity index (χ1) is 14.0. The van der Waals surface area contributed by atoms with Gasteiger partial charge < -0.3 is 5.32 Å². The van der Waals surface area contributed by atoms with Gasteiger partial charge >= 0.3 is 0 Å². The molecule has 146 valence electrons. The number of aromatic nitrogens is 6. The Morgan fingerprint density at radius 3 is 2.72 bits per heavy atom. The number of nitrogens with one attached hydrogen (secondary N) is 2. The van der Waals surface area contributed by atoms with Crippen LogP contribution in [0.3, 0.4) is 0 Å². The zero-order valence-electron chi connectivity index (χ0n) is 15.5. The summed E-state index contributed by atoms with van der Waals surface area (Å²) in [5.74, 6) is 0.219. The van der Waals surface area contributed by atoms with Gasteiger partial charge in [-0.2, -0.15) is 19.9 Å². The highest BCUT2D eigenvalue weighted by molar-refractivity contribution is 6.30. The summed E-state index contributed by atoms with van der Waals surface area (Å²) in [6.07, 6.45) is 4.46. The van der Waals surface area contributed by atoms with Crippen molar-refractivity contribution in [2.75, 3.05) is 5.32 Å². The van der Waals surface area contributed by atoms with Gasteiger partial charge in [0, 0.05) is 11.1 Å². The van der Waals surface area contributed by atoms with Crippen molar-refractivity contribution < 1.29 is 4.79 Å². The summed E-state index contributed by atoms with van der Waals surface area (Å²) in [4.78, 5) is 31.8. The third-order valence-corrected chi connectivity index (χ3v) is 4.35. The Bertz CT molecular complexity index is 1300. The maximum Gasteiger partial charge on any atom is 0.263 e. The van der Waals surface area contributed by atoms with Crippen LogP contribution in [0.4, 0.5) is 5.82 Å². The van der Waals surface area contributed by atoms with Gasteiger partial charge in [-0.3, -0.25) is 14.6 Å². The van der Waals surface area contributed by atoms with Gasteiger partial charge in [-0.05, 0) is 44.2 Å². The molecular weight excluding hydrogens is 394 g/mol. The SMILES string of the molecule is C/C=C\C(=O)Nc1cc(C)nn1-c1nc2c(cnn2-c2ccc(Cl)cc2)c(=O)[nH]1. The van der Waals surface area contributed by atoms with Crippen LogP contribution in [0, 0.1) is 6.92 Å². The molecule has 0 spiro atoms. The van der Waals surface area contributed by atoms with Crippen LogP contribution in [0.15, 0.2) is 53.5 Å². The van der Waals surface area contributed by atoms with Gasteiger partial charge in [-0.25, -0.2) is 4.68 Å². The summed E-state index contributed by atoms with van der Waals surface area (Å²) in [7, 11) is 0. The summed E-state index contributed by atoms with van der Waals surface area (Å²) < 4.78 is 2.91. The summed E-state index contributed by atoms with van der Waals surface area (Å²) >= 11 is 5.95. The molecule has 0 aliphatic rings. The third kappa shape index (κ3) is 3.55. The zero-order valence-corrected chi connectivity index (χ0v) is 16.3. The molecule has 10 heteroatoms. The van der Waals surface area contributed by atoms with Crippen molar-refractivity contribution in [3.05, 3.63) is 69.8 Å². The molecule has 0 radical (unpaired) electrons. The van der Waals surface area contributed by atoms with E-state index in [0.29, 0.717) is 33.3 Å². The van der Waals surface area contributed by atoms with Crippen LogP contribution in [0.5, 0.6) is 0 Å². The van der Waals surface area contributed by atoms with Crippen LogP contribution in [0.1, 0.15) is 12.6 Å². The Hall–Kier alpha value is -3.72. The monoisotopic (exact) mass is 409 g/mol. The number of benzene rings is 1. The molecule has 3 heterocycles. The molecule has 4 rings (SSSR count). The molecule has 3 aromatic heterocycles. The Morgan fingerprint density at radius 1 is 1.24 bits per heavy atom. The number of H-pyrrole nitrogens is 1. The molecule has 29 heavy (non-hydrogen) atoms. The fraction of sp³-hybridized carbons (Fsp3) is 0.105. The highest BCUT2D eigenvalue weighted by Crippen LogP contribution is 2.19. The van der Waals surface area contributed by atoms with E-state index < -0.39 is 0 Å². The van der Waals surface area contributed by atoms with E-state index in [1.165, 1.54) is 17.0 Å². The van der Waals surface area contributed by atoms with E-state index in [4.69, 9.17) is 11.6 Å². The highest BCUT2D eigenvalue weighted by Gasteiger charge is 2.16. The number of nitrogens with zero attached hydrogens (tertiary/aromatic N) is 5. The molecule has 0 saturated carbocycles. The lowest BCUT2D eigenvalue weighted by Gasteiger charge is -2.08. The quantitative estimate of drug-likeness (QED) is 0.503. The second-order valence-corrected chi connectivity index (χ2v) is 6.67. The standard InChI is InChI=1S/C19H16ClN7O2/c1-3-4-16(28)22-15-9-11(2)25-27(15)19-23-17-14(18(29)24-19)10-21-26(17)13-7-5-12(20)6-8-13/h3-10H,1-2H3,(H,22,28)(H,23,24,29)/b4-3-. The maximum absolute atomic E-state index is 12.6. The third-order valence-electron chi connectivity index (χ3n) is 4.10. The number of carbonyl (C=O) groups excluding carboxylic acids is 1. The van der Waals surface area contributed by atoms with Crippen molar-refractivity contribution in [3.8, 4) is 11.6 Å². The minimum Gasteiger partial charge on any atom is -0.307 e. The molecule has 0 aliphatic heterocycles. The second kappa shape index (κ2) is 7.36. The molecule has 0 aliphatic carbocycles. The van der Waals surface area contributed by atoms with Crippen molar-refractivity contribution in [2.24, 2.45) is 0 Å². The predicted molar refractivity (Wildman–Crippen MR) is 110 cm³/mol. The van der Waals surface area contributed by atoms with Crippen molar-refractivity contribution in [1.29, 1.82) is 0 Å². The highest BCUT2D eigenvalue weighted by atomic mass is 35.5. The number of aryl methyl sites for hydroxylation is 1. The Kier molecular flexibility index (Phi) is 4.73. The topological polar surface area (TPSA) is 110 Å². The first-order valence-corrected chi connectivity index (χ1v) is 9.09. The van der Waals surface area contributed by atoms with E-state index in [1.54, 1.807) is 54.9 Å². The number of allylic oxidation sites excluding steroid dienone is 1. The van der Waals surface area contributed by atoms with E-state index in [1.807, 2.05) is 0 Å². The van der Waals surface area contributed by atoms with Gasteiger partial charge in [-0.15, -0.1) is 0 Å². The number of fused-ring (bicyclic) bond motifs is 1. The lowest BCUT2D eigenvalue weighted by molar-refractivity contribution is -0.111. The zero-order chi connectivity index (χ0) is 20.5. The molecule has 0 unspecified atom stereocenters. The molecule has 0 fully saturated rings. The van der Waals surface area contributed by atoms with Crippen LogP contribution in [0.25, 0.3) is 22.7 Å². The average molecular weight is 410 g/mol. The molecule has 0 atom stereocenters. The van der Waals surface area contributed by atoms with Gasteiger partial charge in [0.2, 0.25) is 11.9 Å². The normalized spacial score (nSPS) is 11.4. The molecule has 0 bridgehead atoms. The maximum atomic E-state index is 12.6. The smallest absolute Gasteiger partial charge is 0.263 e. The number of amides is 1. The fourth-order valence-corrected chi connectivity index (χ4v) is 2.97. The number of aromatic amines is 1. The Labute approximate surface area is 169 Å². The number of hydrogen-bond acceptors (Lipinski definition) is 5. The van der Waals surface area contributed by atoms with E-state index in [2.05, 4.69) is 25.5 Å². The number of halogens is 1. The molecule has 0 saturated heterocycles. The summed E-state index contributed by atoms with van der Waals surface area (Å²) in [5.41, 5.74) is 1.33. The van der Waals surface area contributed by atoms with E-state index in [-0.39, 0.29) is 17.4 Å². The van der Waals surface area contributed by atoms with Gasteiger partial charge in [0.15, 0.2) is 5.65 Å². The largest absolute Gasteiger partial charge is 0.307 e. The molecule has 9 nitrogen and oxygen atoms in total. The minimum atomic E-state index is -0.371. The van der Waals surface area contributed by atoms with Crippen LogP contribution < -0.4 is 10.9 Å². The van der Waals surface area contributed by atoms with Crippen LogP contribution >= 0.6 is 11.6 Å². The lowest BCUT2D eigenvalue weighted by Crippen LogP contribution is -2.18. The molecule has 1 aromatic carbocycles. The van der Waals surface area contributed by atoms with Gasteiger partial charge in [0.25, 0.3) is 5.56 Å². The summed E-state index contributed by atoms with van der Waals surface area (Å²) in [6.45, 7) is 3.52. The van der Waals surface area contributed by atoms with Crippen molar-refractivity contribution in [3.63, 3.8) is 0 Å². The van der Waals surface area contributed by atoms with Crippen molar-refractivity contribution in [2.45, 2.75) is 13.8 Å². The summed E-state index contributed by atoms with van der Waals surface area (Å²) in [5, 5.41) is 12.2. The van der Waals surface area contributed by atoms with Crippen molar-refractivity contribution in [1.82, 2.24) is 29.5 Å². The minimum absolute atomic E-state index is 0.155. The van der Waals surface area contributed by atoms with Crippen LogP contribution in [0.2, 0.25) is 5.02 Å². The van der Waals surface area contributed by atoms with Gasteiger partial charge in [0.05, 0.1) is 17.6 Å². The second-order valence-electron chi connectivity index (χ2n) is 6.23. The first kappa shape index (κ1) is 18.6. The average Bonchev–Trinajstić information content (AvgIpc) is 3.26. The van der Waals surface area contributed by atoms with E-state index >= 15 is 0 Å². The lowest BCUT2D eigenvalue weighted by atomic mass is 10.3. The van der Waals surface area contributed by atoms with E-state index in [0.717, 1.165) is 0 Å². The Morgan fingerprint density at radius 2 is 2.00 bits per heavy atom. The molecule has 4 aromatic rings. The molecule has 2 N–H and O–H groups in total. The van der Waals surface area contributed by atoms with Gasteiger partial charge in [-0.1, -0.05) is 17.7 Å². The number of anilines is 1. The predicted octanol–water partition coefficient (Wildman–Crippen LogP) is 2.77. The fourth-order valence-electron chi connectivity index (χ4n) is 2.85. The number of hydrogen-bond donors (Lipinski definition) is 2. The number of rotatable bonds is 4. The van der Waals surface area contributed by atoms with E-state index in [9.17, 15) is 9.59 Å². The first-order valence-electron chi connectivity index (χ1n) is 8.71. The Balaban J connectivity index is 1.86. The van der Waals surface area contributed by atoms with Crippen LogP contribution in [-0.4, -0.2) is 35.4 Å². The summed E-state index contributed by atoms with van der Waals surface area (Å²) in [6, 6.07) is 8.69.